The number of carbonyl (C=O) groups excluding carboxylic acids is 1. The molecule has 24 heavy (non-hydrogen) atoms. The number of benzene rings is 1. The van der Waals surface area contributed by atoms with Crippen LogP contribution in [-0.2, 0) is 17.6 Å². The zero-order valence-corrected chi connectivity index (χ0v) is 14.4. The van der Waals surface area contributed by atoms with E-state index in [0.717, 1.165) is 57.1 Å². The summed E-state index contributed by atoms with van der Waals surface area (Å²) in [4.78, 5) is 12.4. The predicted molar refractivity (Wildman–Crippen MR) is 95.8 cm³/mol. The van der Waals surface area contributed by atoms with Crippen molar-refractivity contribution >= 4 is 11.6 Å². The molecule has 0 aromatic heterocycles. The molecule has 1 amide bonds. The standard InChI is InChI=1S/C20H27N3O/c21-15-20(12-5-1-2-6-13-20)23-19(24)14-22-18-11-7-9-16-8-3-4-10-17(16)18/h7,9,11,22H,1-6,8,10,12-14H2,(H,23,24). The fraction of sp³-hybridized carbons (Fsp3) is 0.600. The maximum Gasteiger partial charge on any atom is 0.240 e. The summed E-state index contributed by atoms with van der Waals surface area (Å²) in [6, 6.07) is 8.69. The van der Waals surface area contributed by atoms with Crippen molar-refractivity contribution in [3.8, 4) is 6.07 Å². The van der Waals surface area contributed by atoms with Crippen LogP contribution in [0.4, 0.5) is 5.69 Å². The normalized spacial score (nSPS) is 19.5. The maximum atomic E-state index is 12.4. The van der Waals surface area contributed by atoms with Gasteiger partial charge in [0.25, 0.3) is 0 Å². The van der Waals surface area contributed by atoms with Crippen molar-refractivity contribution in [2.75, 3.05) is 11.9 Å². The maximum absolute atomic E-state index is 12.4. The number of nitrogens with zero attached hydrogens (tertiary/aromatic N) is 1. The first kappa shape index (κ1) is 16.8. The van der Waals surface area contributed by atoms with Crippen LogP contribution in [0.5, 0.6) is 0 Å². The van der Waals surface area contributed by atoms with E-state index in [0.29, 0.717) is 0 Å². The highest BCUT2D eigenvalue weighted by Gasteiger charge is 2.32. The predicted octanol–water partition coefficient (Wildman–Crippen LogP) is 3.71. The Bertz CT molecular complexity index is 624. The molecule has 0 saturated heterocycles. The van der Waals surface area contributed by atoms with E-state index in [1.54, 1.807) is 0 Å². The monoisotopic (exact) mass is 325 g/mol. The SMILES string of the molecule is N#CC1(NC(=O)CNc2cccc3c2CCCC3)CCCCCC1. The molecule has 0 unspecified atom stereocenters. The molecule has 1 aromatic carbocycles. The minimum atomic E-state index is -0.661. The molecule has 0 radical (unpaired) electrons. The van der Waals surface area contributed by atoms with Gasteiger partial charge in [0.2, 0.25) is 5.91 Å². The van der Waals surface area contributed by atoms with Gasteiger partial charge in [-0.2, -0.15) is 5.26 Å². The van der Waals surface area contributed by atoms with Crippen LogP contribution in [0.2, 0.25) is 0 Å². The molecule has 0 heterocycles. The van der Waals surface area contributed by atoms with Crippen LogP contribution in [-0.4, -0.2) is 18.0 Å². The van der Waals surface area contributed by atoms with E-state index in [9.17, 15) is 10.1 Å². The molecule has 1 saturated carbocycles. The molecule has 2 N–H and O–H groups in total. The number of nitrogens with one attached hydrogen (secondary N) is 2. The highest BCUT2D eigenvalue weighted by molar-refractivity contribution is 5.82. The summed E-state index contributed by atoms with van der Waals surface area (Å²) in [5.74, 6) is -0.0770. The van der Waals surface area contributed by atoms with Crippen LogP contribution in [0.25, 0.3) is 0 Å². The smallest absolute Gasteiger partial charge is 0.240 e. The van der Waals surface area contributed by atoms with Gasteiger partial charge in [-0.3, -0.25) is 4.79 Å². The van der Waals surface area contributed by atoms with Gasteiger partial charge in [-0.15, -0.1) is 0 Å². The zero-order chi connectivity index (χ0) is 16.8. The van der Waals surface area contributed by atoms with Crippen LogP contribution in [0, 0.1) is 11.3 Å². The molecule has 0 atom stereocenters. The van der Waals surface area contributed by atoms with Gasteiger partial charge in [0.1, 0.15) is 5.54 Å². The lowest BCUT2D eigenvalue weighted by Gasteiger charge is -2.27. The lowest BCUT2D eigenvalue weighted by atomic mass is 9.90. The molecule has 4 nitrogen and oxygen atoms in total. The Morgan fingerprint density at radius 2 is 1.83 bits per heavy atom. The Morgan fingerprint density at radius 3 is 2.58 bits per heavy atom. The fourth-order valence-corrected chi connectivity index (χ4v) is 4.03. The first-order valence-electron chi connectivity index (χ1n) is 9.29. The molecule has 128 valence electrons. The third-order valence-electron chi connectivity index (χ3n) is 5.39. The number of nitriles is 1. The number of rotatable bonds is 4. The van der Waals surface area contributed by atoms with E-state index in [2.05, 4.69) is 34.9 Å². The van der Waals surface area contributed by atoms with Crippen LogP contribution in [0.15, 0.2) is 18.2 Å². The molecule has 1 aromatic rings. The minimum Gasteiger partial charge on any atom is -0.376 e. The lowest BCUT2D eigenvalue weighted by Crippen LogP contribution is -2.49. The molecular formula is C20H27N3O. The summed E-state index contributed by atoms with van der Waals surface area (Å²) in [6.45, 7) is 0.236. The molecule has 2 aliphatic carbocycles. The van der Waals surface area contributed by atoms with Gasteiger partial charge >= 0.3 is 0 Å². The second-order valence-corrected chi connectivity index (χ2v) is 7.16. The van der Waals surface area contributed by atoms with Gasteiger partial charge in [-0.05, 0) is 55.7 Å². The van der Waals surface area contributed by atoms with Crippen LogP contribution < -0.4 is 10.6 Å². The molecule has 2 aliphatic rings. The number of carbonyl (C=O) groups is 1. The van der Waals surface area contributed by atoms with Crippen LogP contribution in [0.1, 0.15) is 62.5 Å². The van der Waals surface area contributed by atoms with E-state index in [1.807, 2.05) is 0 Å². The van der Waals surface area contributed by atoms with E-state index >= 15 is 0 Å². The molecule has 4 heteroatoms. The molecule has 0 aliphatic heterocycles. The number of fused-ring (bicyclic) bond motifs is 1. The molecule has 1 fully saturated rings. The van der Waals surface area contributed by atoms with Crippen LogP contribution in [0.3, 0.4) is 0 Å². The number of hydrogen-bond donors (Lipinski definition) is 2. The van der Waals surface area contributed by atoms with Gasteiger partial charge in [0.15, 0.2) is 0 Å². The highest BCUT2D eigenvalue weighted by atomic mass is 16.2. The van der Waals surface area contributed by atoms with Crippen molar-refractivity contribution in [2.24, 2.45) is 0 Å². The van der Waals surface area contributed by atoms with Gasteiger partial charge < -0.3 is 10.6 Å². The number of amides is 1. The highest BCUT2D eigenvalue weighted by Crippen LogP contribution is 2.28. The lowest BCUT2D eigenvalue weighted by molar-refractivity contribution is -0.120. The third kappa shape index (κ3) is 3.90. The molecular weight excluding hydrogens is 298 g/mol. The van der Waals surface area contributed by atoms with Gasteiger partial charge in [-0.25, -0.2) is 0 Å². The minimum absolute atomic E-state index is 0.0770. The van der Waals surface area contributed by atoms with Crippen molar-refractivity contribution in [1.82, 2.24) is 5.32 Å². The Morgan fingerprint density at radius 1 is 1.08 bits per heavy atom. The number of aryl methyl sites for hydroxylation is 1. The summed E-state index contributed by atoms with van der Waals surface area (Å²) in [6.07, 6.45) is 10.6. The average molecular weight is 325 g/mol. The largest absolute Gasteiger partial charge is 0.376 e. The Kier molecular flexibility index (Phi) is 5.40. The fourth-order valence-electron chi connectivity index (χ4n) is 4.03. The van der Waals surface area contributed by atoms with Crippen LogP contribution >= 0.6 is 0 Å². The summed E-state index contributed by atoms with van der Waals surface area (Å²) < 4.78 is 0. The van der Waals surface area contributed by atoms with Gasteiger partial charge in [-0.1, -0.05) is 37.8 Å². The molecule has 0 spiro atoms. The Balaban J connectivity index is 1.60. The zero-order valence-electron chi connectivity index (χ0n) is 14.4. The van der Waals surface area contributed by atoms with E-state index in [-0.39, 0.29) is 12.5 Å². The second kappa shape index (κ2) is 7.70. The number of hydrogen-bond acceptors (Lipinski definition) is 3. The topological polar surface area (TPSA) is 64.9 Å². The van der Waals surface area contributed by atoms with Gasteiger partial charge in [0.05, 0.1) is 12.6 Å². The second-order valence-electron chi connectivity index (χ2n) is 7.16. The summed E-state index contributed by atoms with van der Waals surface area (Å²) in [5, 5.41) is 15.9. The molecule has 0 bridgehead atoms. The van der Waals surface area contributed by atoms with E-state index < -0.39 is 5.54 Å². The average Bonchev–Trinajstić information content (AvgIpc) is 2.86. The summed E-state index contributed by atoms with van der Waals surface area (Å²) in [5.41, 5.74) is 3.19. The quantitative estimate of drug-likeness (QED) is 0.829. The summed E-state index contributed by atoms with van der Waals surface area (Å²) in [7, 11) is 0. The van der Waals surface area contributed by atoms with E-state index in [1.165, 1.54) is 24.0 Å². The van der Waals surface area contributed by atoms with Crippen molar-refractivity contribution in [1.29, 1.82) is 5.26 Å². The summed E-state index contributed by atoms with van der Waals surface area (Å²) >= 11 is 0. The Labute approximate surface area is 144 Å². The van der Waals surface area contributed by atoms with Gasteiger partial charge in [0, 0.05) is 5.69 Å². The third-order valence-corrected chi connectivity index (χ3v) is 5.39. The van der Waals surface area contributed by atoms with Crippen molar-refractivity contribution in [2.45, 2.75) is 69.7 Å². The Hall–Kier alpha value is -2.02. The first-order chi connectivity index (χ1) is 11.7. The molecule has 3 rings (SSSR count). The van der Waals surface area contributed by atoms with E-state index in [4.69, 9.17) is 0 Å². The van der Waals surface area contributed by atoms with Crippen molar-refractivity contribution < 1.29 is 4.79 Å². The number of anilines is 1. The first-order valence-corrected chi connectivity index (χ1v) is 9.29. The van der Waals surface area contributed by atoms with Crippen molar-refractivity contribution in [3.05, 3.63) is 29.3 Å². The van der Waals surface area contributed by atoms with Crippen molar-refractivity contribution in [3.63, 3.8) is 0 Å².